The molecule has 1 amide bonds. The number of carbonyl (C=O) groups is 1. The van der Waals surface area contributed by atoms with E-state index in [0.717, 1.165) is 78.7 Å². The fourth-order valence-corrected chi connectivity index (χ4v) is 7.22. The second-order valence-electron chi connectivity index (χ2n) is 13.5. The lowest BCUT2D eigenvalue weighted by molar-refractivity contribution is 0.100. The Morgan fingerprint density at radius 3 is 2.60 bits per heavy atom. The Hall–Kier alpha value is -4.01. The van der Waals surface area contributed by atoms with Crippen molar-refractivity contribution in [3.63, 3.8) is 0 Å². The maximum atomic E-state index is 12.6. The van der Waals surface area contributed by atoms with E-state index < -0.39 is 5.91 Å². The molecule has 45 heavy (non-hydrogen) atoms. The van der Waals surface area contributed by atoms with E-state index in [9.17, 15) is 4.79 Å². The number of anilines is 3. The van der Waals surface area contributed by atoms with E-state index in [1.807, 2.05) is 43.5 Å². The summed E-state index contributed by atoms with van der Waals surface area (Å²) in [6.07, 6.45) is 5.20. The van der Waals surface area contributed by atoms with Crippen LogP contribution in [-0.2, 0) is 0 Å². The van der Waals surface area contributed by atoms with Crippen molar-refractivity contribution in [2.75, 3.05) is 49.1 Å². The number of hydrogen-bond donors (Lipinski definition) is 2. The van der Waals surface area contributed by atoms with Crippen LogP contribution in [0, 0.1) is 5.41 Å². The Morgan fingerprint density at radius 2 is 1.84 bits per heavy atom. The van der Waals surface area contributed by atoms with E-state index in [1.165, 1.54) is 17.6 Å². The number of nitrogens with two attached hydrogens (primary N) is 1. The van der Waals surface area contributed by atoms with Crippen LogP contribution in [0.1, 0.15) is 56.0 Å². The SMILES string of the molecule is C[C@@H]1CN(c2cc(N3CCN(CC4=C(c5ccc(Cl)cc5)CC(C)(C)CC4)CC3)ccc2C(N)=O)c2cc3cc[nH]c3nc2O1. The number of aromatic amines is 1. The van der Waals surface area contributed by atoms with Crippen LogP contribution in [-0.4, -0.2) is 66.1 Å². The Kier molecular flexibility index (Phi) is 7.74. The topological polar surface area (TPSA) is 90.7 Å². The highest BCUT2D eigenvalue weighted by Gasteiger charge is 2.31. The molecular formula is C36H41ClN6O2. The zero-order chi connectivity index (χ0) is 31.3. The number of piperazine rings is 1. The average Bonchev–Trinajstić information content (AvgIpc) is 3.48. The summed E-state index contributed by atoms with van der Waals surface area (Å²) in [5.74, 6) is 0.106. The first-order valence-corrected chi connectivity index (χ1v) is 16.3. The molecule has 0 bridgehead atoms. The summed E-state index contributed by atoms with van der Waals surface area (Å²) in [4.78, 5) is 27.7. The quantitative estimate of drug-likeness (QED) is 0.240. The molecule has 3 aliphatic rings. The van der Waals surface area contributed by atoms with Crippen LogP contribution in [0.15, 0.2) is 66.4 Å². The monoisotopic (exact) mass is 624 g/mol. The van der Waals surface area contributed by atoms with Gasteiger partial charge < -0.3 is 25.3 Å². The standard InChI is InChI=1S/C36H41ClN6O2/c1-23-21-43(32-18-25-11-13-39-34(25)40-35(32)45-23)31-19-28(8-9-29(31)33(38)44)42-16-14-41(15-17-42)22-26-10-12-36(2,3)20-30(26)24-4-6-27(37)7-5-24/h4-9,11,13,18-19,23H,10,12,14-17,20-22H2,1-3H3,(H2,38,44)(H,39,40)/t23-/m1/s1. The minimum absolute atomic E-state index is 0.109. The molecule has 1 saturated heterocycles. The van der Waals surface area contributed by atoms with Crippen LogP contribution < -0.4 is 20.3 Å². The summed E-state index contributed by atoms with van der Waals surface area (Å²) in [6.45, 7) is 12.1. The van der Waals surface area contributed by atoms with E-state index in [2.05, 4.69) is 57.8 Å². The van der Waals surface area contributed by atoms with Gasteiger partial charge in [0, 0.05) is 55.0 Å². The highest BCUT2D eigenvalue weighted by molar-refractivity contribution is 6.30. The summed E-state index contributed by atoms with van der Waals surface area (Å²) >= 11 is 6.22. The first kappa shape index (κ1) is 29.7. The molecule has 2 aromatic heterocycles. The Balaban J connectivity index is 1.12. The van der Waals surface area contributed by atoms with Crippen LogP contribution in [0.5, 0.6) is 5.88 Å². The zero-order valence-corrected chi connectivity index (χ0v) is 27.0. The maximum absolute atomic E-state index is 12.6. The second-order valence-corrected chi connectivity index (χ2v) is 14.0. The number of pyridine rings is 1. The molecule has 0 unspecified atom stereocenters. The van der Waals surface area contributed by atoms with E-state index in [4.69, 9.17) is 27.1 Å². The fourth-order valence-electron chi connectivity index (χ4n) is 7.09. The molecule has 9 heteroatoms. The third-order valence-electron chi connectivity index (χ3n) is 9.59. The number of benzene rings is 2. The molecule has 3 N–H and O–H groups in total. The highest BCUT2D eigenvalue weighted by atomic mass is 35.5. The van der Waals surface area contributed by atoms with Crippen LogP contribution in [0.2, 0.25) is 5.02 Å². The van der Waals surface area contributed by atoms with Gasteiger partial charge in [-0.05, 0) is 85.2 Å². The predicted molar refractivity (Wildman–Crippen MR) is 183 cm³/mol. The smallest absolute Gasteiger partial charge is 0.250 e. The predicted octanol–water partition coefficient (Wildman–Crippen LogP) is 7.02. The lowest BCUT2D eigenvalue weighted by atomic mass is 9.72. The number of carbonyl (C=O) groups excluding carboxylic acids is 1. The lowest BCUT2D eigenvalue weighted by Gasteiger charge is -2.40. The summed E-state index contributed by atoms with van der Waals surface area (Å²) in [7, 11) is 0. The van der Waals surface area contributed by atoms with E-state index in [1.54, 1.807) is 5.57 Å². The largest absolute Gasteiger partial charge is 0.471 e. The van der Waals surface area contributed by atoms with Crippen molar-refractivity contribution in [3.05, 3.63) is 82.5 Å². The minimum atomic E-state index is -0.446. The molecule has 1 aliphatic carbocycles. The number of hydrogen-bond acceptors (Lipinski definition) is 6. The normalized spacial score (nSPS) is 20.3. The number of allylic oxidation sites excluding steroid dienone is 1. The third kappa shape index (κ3) is 6.01. The number of rotatable bonds is 6. The molecule has 0 spiro atoms. The molecular weight excluding hydrogens is 584 g/mol. The van der Waals surface area contributed by atoms with Crippen LogP contribution in [0.25, 0.3) is 16.6 Å². The second kappa shape index (κ2) is 11.7. The highest BCUT2D eigenvalue weighted by Crippen LogP contribution is 2.44. The molecule has 2 aromatic carbocycles. The molecule has 0 saturated carbocycles. The van der Waals surface area contributed by atoms with Crippen molar-refractivity contribution in [1.82, 2.24) is 14.9 Å². The van der Waals surface area contributed by atoms with Gasteiger partial charge in [0.15, 0.2) is 0 Å². The van der Waals surface area contributed by atoms with Gasteiger partial charge >= 0.3 is 0 Å². The van der Waals surface area contributed by atoms with Gasteiger partial charge in [0.25, 0.3) is 5.91 Å². The molecule has 1 fully saturated rings. The maximum Gasteiger partial charge on any atom is 0.250 e. The van der Waals surface area contributed by atoms with Gasteiger partial charge in [-0.1, -0.05) is 43.2 Å². The number of nitrogens with zero attached hydrogens (tertiary/aromatic N) is 4. The van der Waals surface area contributed by atoms with Gasteiger partial charge in [-0.25, -0.2) is 0 Å². The zero-order valence-electron chi connectivity index (χ0n) is 26.3. The number of nitrogens with one attached hydrogen (secondary N) is 1. The van der Waals surface area contributed by atoms with Gasteiger partial charge in [0.05, 0.1) is 17.8 Å². The van der Waals surface area contributed by atoms with E-state index >= 15 is 0 Å². The lowest BCUT2D eigenvalue weighted by Crippen LogP contribution is -2.47. The molecule has 234 valence electrons. The molecule has 1 atom stereocenters. The van der Waals surface area contributed by atoms with Crippen LogP contribution in [0.4, 0.5) is 17.1 Å². The van der Waals surface area contributed by atoms with Gasteiger partial charge in [-0.2, -0.15) is 4.98 Å². The van der Waals surface area contributed by atoms with Crippen molar-refractivity contribution in [3.8, 4) is 5.88 Å². The van der Waals surface area contributed by atoms with Crippen LogP contribution in [0.3, 0.4) is 0 Å². The van der Waals surface area contributed by atoms with Gasteiger partial charge in [-0.3, -0.25) is 9.69 Å². The van der Waals surface area contributed by atoms with Crippen molar-refractivity contribution in [2.24, 2.45) is 11.1 Å². The van der Waals surface area contributed by atoms with Crippen molar-refractivity contribution < 1.29 is 9.53 Å². The number of primary amides is 1. The summed E-state index contributed by atoms with van der Waals surface area (Å²) in [6, 6.07) is 18.4. The molecule has 2 aliphatic heterocycles. The minimum Gasteiger partial charge on any atom is -0.471 e. The average molecular weight is 625 g/mol. The number of amides is 1. The molecule has 8 nitrogen and oxygen atoms in total. The number of H-pyrrole nitrogens is 1. The Bertz CT molecular complexity index is 1770. The summed E-state index contributed by atoms with van der Waals surface area (Å²) in [5, 5.41) is 1.77. The van der Waals surface area contributed by atoms with Gasteiger partial charge in [0.2, 0.25) is 5.88 Å². The first-order chi connectivity index (χ1) is 21.6. The van der Waals surface area contributed by atoms with Gasteiger partial charge in [-0.15, -0.1) is 0 Å². The Labute approximate surface area is 269 Å². The Morgan fingerprint density at radius 1 is 1.07 bits per heavy atom. The van der Waals surface area contributed by atoms with Crippen molar-refractivity contribution >= 4 is 51.2 Å². The third-order valence-corrected chi connectivity index (χ3v) is 9.84. The number of aromatic nitrogens is 2. The number of halogens is 1. The summed E-state index contributed by atoms with van der Waals surface area (Å²) in [5.41, 5.74) is 14.5. The van der Waals surface area contributed by atoms with Crippen molar-refractivity contribution in [1.29, 1.82) is 0 Å². The number of fused-ring (bicyclic) bond motifs is 2. The fraction of sp³-hybridized carbons (Fsp3) is 0.389. The first-order valence-electron chi connectivity index (χ1n) is 15.9. The molecule has 7 rings (SSSR count). The van der Waals surface area contributed by atoms with Crippen molar-refractivity contribution in [2.45, 2.75) is 46.1 Å². The van der Waals surface area contributed by atoms with E-state index in [-0.39, 0.29) is 6.10 Å². The summed E-state index contributed by atoms with van der Waals surface area (Å²) < 4.78 is 6.12. The molecule has 4 aromatic rings. The molecule has 4 heterocycles. The van der Waals surface area contributed by atoms with Gasteiger partial charge in [0.1, 0.15) is 17.4 Å². The molecule has 0 radical (unpaired) electrons. The number of ether oxygens (including phenoxy) is 1. The van der Waals surface area contributed by atoms with Crippen LogP contribution >= 0.6 is 11.6 Å². The van der Waals surface area contributed by atoms with E-state index in [0.29, 0.717) is 23.4 Å².